The third-order valence-corrected chi connectivity index (χ3v) is 6.63. The van der Waals surface area contributed by atoms with Gasteiger partial charge in [-0.15, -0.1) is 15.3 Å². The third-order valence-electron chi connectivity index (χ3n) is 5.74. The molecule has 0 saturated heterocycles. The minimum atomic E-state index is -0.749. The highest BCUT2D eigenvalue weighted by Gasteiger charge is 2.28. The Balaban J connectivity index is 1.46. The Morgan fingerprint density at radius 3 is 2.88 bits per heavy atom. The zero-order valence-electron chi connectivity index (χ0n) is 19.0. The first-order valence-electron chi connectivity index (χ1n) is 11.2. The predicted molar refractivity (Wildman–Crippen MR) is 121 cm³/mol. The van der Waals surface area contributed by atoms with Crippen LogP contribution in [0.5, 0.6) is 10.9 Å². The Hall–Kier alpha value is -3.08. The minimum Gasteiger partial charge on any atom is -0.489 e. The summed E-state index contributed by atoms with van der Waals surface area (Å²) < 4.78 is 13.6. The van der Waals surface area contributed by atoms with Crippen LogP contribution in [0.15, 0.2) is 12.1 Å². The second-order valence-corrected chi connectivity index (χ2v) is 9.26. The highest BCUT2D eigenvalue weighted by atomic mass is 32.1. The van der Waals surface area contributed by atoms with E-state index in [1.54, 1.807) is 4.68 Å². The van der Waals surface area contributed by atoms with E-state index in [0.29, 0.717) is 35.2 Å². The molecular formula is C22H28N6O4S. The van der Waals surface area contributed by atoms with Crippen LogP contribution in [0.25, 0.3) is 11.4 Å². The molecule has 10 nitrogen and oxygen atoms in total. The summed E-state index contributed by atoms with van der Waals surface area (Å²) in [7, 11) is 1.81. The van der Waals surface area contributed by atoms with E-state index in [1.165, 1.54) is 11.3 Å². The van der Waals surface area contributed by atoms with Gasteiger partial charge >= 0.3 is 5.97 Å². The third kappa shape index (κ3) is 5.47. The largest absolute Gasteiger partial charge is 0.489 e. The van der Waals surface area contributed by atoms with Crippen molar-refractivity contribution in [2.45, 2.75) is 65.1 Å². The fourth-order valence-electron chi connectivity index (χ4n) is 3.94. The van der Waals surface area contributed by atoms with Gasteiger partial charge in [0.25, 0.3) is 5.19 Å². The van der Waals surface area contributed by atoms with E-state index in [4.69, 9.17) is 9.47 Å². The van der Waals surface area contributed by atoms with E-state index in [1.807, 2.05) is 26.1 Å². The van der Waals surface area contributed by atoms with E-state index in [9.17, 15) is 9.90 Å². The second-order valence-electron chi connectivity index (χ2n) is 8.23. The molecule has 1 aliphatic carbocycles. The number of hydrogen-bond acceptors (Lipinski definition) is 9. The van der Waals surface area contributed by atoms with Crippen molar-refractivity contribution in [3.8, 4) is 22.3 Å². The average Bonchev–Trinajstić information content (AvgIpc) is 3.40. The number of aliphatic carboxylic acids is 1. The van der Waals surface area contributed by atoms with E-state index < -0.39 is 5.97 Å². The number of aryl methyl sites for hydroxylation is 3. The molecule has 1 aliphatic rings. The molecule has 3 aromatic heterocycles. The zero-order valence-corrected chi connectivity index (χ0v) is 19.8. The fourth-order valence-corrected chi connectivity index (χ4v) is 4.73. The van der Waals surface area contributed by atoms with Crippen molar-refractivity contribution in [2.24, 2.45) is 13.0 Å². The SMILES string of the molecule is CCCc1nnc(OCc2c(-c3ccc(O[C@H]4CCC[C@H](C(=O)O)C4)c(C)n3)nnn2C)s1. The van der Waals surface area contributed by atoms with Crippen LogP contribution in [0.2, 0.25) is 0 Å². The maximum Gasteiger partial charge on any atom is 0.306 e. The second kappa shape index (κ2) is 10.2. The lowest BCUT2D eigenvalue weighted by Gasteiger charge is -2.27. The predicted octanol–water partition coefficient (Wildman–Crippen LogP) is 3.59. The van der Waals surface area contributed by atoms with Gasteiger partial charge in [0, 0.05) is 13.5 Å². The standard InChI is InChI=1S/C22H28N6O4S/c1-4-6-19-24-26-22(33-19)31-12-17-20(25-27-28(17)3)16-9-10-18(13(2)23-16)32-15-8-5-7-14(11-15)21(29)30/h9-10,14-15H,4-8,11-12H2,1-3H3,(H,29,30)/t14-,15-/m0/s1. The van der Waals surface area contributed by atoms with Crippen molar-refractivity contribution >= 4 is 17.3 Å². The highest BCUT2D eigenvalue weighted by Crippen LogP contribution is 2.31. The highest BCUT2D eigenvalue weighted by molar-refractivity contribution is 7.13. The maximum absolute atomic E-state index is 11.3. The van der Waals surface area contributed by atoms with E-state index in [2.05, 4.69) is 32.4 Å². The summed E-state index contributed by atoms with van der Waals surface area (Å²) in [5, 5.41) is 27.4. The van der Waals surface area contributed by atoms with Gasteiger partial charge in [-0.3, -0.25) is 4.79 Å². The molecule has 4 rings (SSSR count). The van der Waals surface area contributed by atoms with Crippen LogP contribution < -0.4 is 9.47 Å². The van der Waals surface area contributed by atoms with Gasteiger partial charge in [-0.05, 0) is 51.2 Å². The monoisotopic (exact) mass is 472 g/mol. The van der Waals surface area contributed by atoms with Crippen molar-refractivity contribution in [3.63, 3.8) is 0 Å². The summed E-state index contributed by atoms with van der Waals surface area (Å²) in [5.41, 5.74) is 2.80. The number of carbonyl (C=O) groups is 1. The quantitative estimate of drug-likeness (QED) is 0.497. The number of carboxylic acid groups (broad SMARTS) is 1. The summed E-state index contributed by atoms with van der Waals surface area (Å²) in [5.74, 6) is -0.431. The summed E-state index contributed by atoms with van der Waals surface area (Å²) in [6.45, 7) is 4.22. The van der Waals surface area contributed by atoms with Crippen LogP contribution >= 0.6 is 11.3 Å². The first-order valence-corrected chi connectivity index (χ1v) is 12.0. The van der Waals surface area contributed by atoms with Gasteiger partial charge < -0.3 is 14.6 Å². The number of ether oxygens (including phenoxy) is 2. The molecule has 3 heterocycles. The molecule has 0 spiro atoms. The minimum absolute atomic E-state index is 0.115. The molecule has 0 aliphatic heterocycles. The van der Waals surface area contributed by atoms with Crippen molar-refractivity contribution in [1.82, 2.24) is 30.2 Å². The lowest BCUT2D eigenvalue weighted by Crippen LogP contribution is -2.29. The van der Waals surface area contributed by atoms with Crippen LogP contribution in [0, 0.1) is 12.8 Å². The summed E-state index contributed by atoms with van der Waals surface area (Å²) in [6, 6.07) is 3.71. The van der Waals surface area contributed by atoms with Crippen LogP contribution in [-0.2, 0) is 24.9 Å². The number of hydrogen-bond donors (Lipinski definition) is 1. The molecule has 1 fully saturated rings. The lowest BCUT2D eigenvalue weighted by molar-refractivity contribution is -0.143. The normalized spacial score (nSPS) is 18.3. The molecule has 1 saturated carbocycles. The van der Waals surface area contributed by atoms with E-state index >= 15 is 0 Å². The van der Waals surface area contributed by atoms with Gasteiger partial charge in [0.05, 0.1) is 23.4 Å². The van der Waals surface area contributed by atoms with Gasteiger partial charge in [0.15, 0.2) is 0 Å². The van der Waals surface area contributed by atoms with Gasteiger partial charge in [0.1, 0.15) is 28.8 Å². The number of pyridine rings is 1. The number of nitrogens with zero attached hydrogens (tertiary/aromatic N) is 6. The van der Waals surface area contributed by atoms with Crippen molar-refractivity contribution < 1.29 is 19.4 Å². The summed E-state index contributed by atoms with van der Waals surface area (Å²) in [6.07, 6.45) is 4.71. The number of carboxylic acids is 1. The fraction of sp³-hybridized carbons (Fsp3) is 0.545. The van der Waals surface area contributed by atoms with Crippen molar-refractivity contribution in [3.05, 3.63) is 28.5 Å². The molecule has 0 amide bonds. The topological polar surface area (TPSA) is 125 Å². The molecule has 176 valence electrons. The lowest BCUT2D eigenvalue weighted by atomic mass is 9.87. The Morgan fingerprint density at radius 1 is 1.27 bits per heavy atom. The molecule has 2 atom stereocenters. The Bertz CT molecular complexity index is 1110. The molecule has 0 radical (unpaired) electrons. The van der Waals surface area contributed by atoms with Crippen molar-refractivity contribution in [2.75, 3.05) is 0 Å². The van der Waals surface area contributed by atoms with Crippen LogP contribution in [-0.4, -0.2) is 47.4 Å². The first-order chi connectivity index (χ1) is 15.9. The van der Waals surface area contributed by atoms with Crippen molar-refractivity contribution in [1.29, 1.82) is 0 Å². The van der Waals surface area contributed by atoms with Gasteiger partial charge in [-0.1, -0.05) is 23.5 Å². The number of rotatable bonds is 9. The smallest absolute Gasteiger partial charge is 0.306 e. The molecular weight excluding hydrogens is 444 g/mol. The summed E-state index contributed by atoms with van der Waals surface area (Å²) >= 11 is 1.45. The molecule has 1 N–H and O–H groups in total. The van der Waals surface area contributed by atoms with Gasteiger partial charge in [-0.25, -0.2) is 9.67 Å². The Labute approximate surface area is 196 Å². The van der Waals surface area contributed by atoms with Crippen LogP contribution in [0.4, 0.5) is 0 Å². The van der Waals surface area contributed by atoms with E-state index in [-0.39, 0.29) is 18.6 Å². The first kappa shape index (κ1) is 23.1. The average molecular weight is 473 g/mol. The maximum atomic E-state index is 11.3. The zero-order chi connectivity index (χ0) is 23.4. The van der Waals surface area contributed by atoms with Gasteiger partial charge in [-0.2, -0.15) is 0 Å². The summed E-state index contributed by atoms with van der Waals surface area (Å²) in [4.78, 5) is 16.0. The molecule has 0 bridgehead atoms. The van der Waals surface area contributed by atoms with Crippen LogP contribution in [0.1, 0.15) is 55.4 Å². The molecule has 33 heavy (non-hydrogen) atoms. The molecule has 0 unspecified atom stereocenters. The Morgan fingerprint density at radius 2 is 2.12 bits per heavy atom. The number of aromatic nitrogens is 6. The molecule has 3 aromatic rings. The van der Waals surface area contributed by atoms with E-state index in [0.717, 1.165) is 42.1 Å². The van der Waals surface area contributed by atoms with Crippen LogP contribution in [0.3, 0.4) is 0 Å². The Kier molecular flexibility index (Phi) is 7.17. The van der Waals surface area contributed by atoms with Gasteiger partial charge in [0.2, 0.25) is 0 Å². The molecule has 11 heteroatoms. The molecule has 0 aromatic carbocycles.